The zero-order valence-corrected chi connectivity index (χ0v) is 16.5. The maximum atomic E-state index is 12.6. The number of benzene rings is 1. The van der Waals surface area contributed by atoms with Gasteiger partial charge in [0, 0.05) is 26.2 Å². The van der Waals surface area contributed by atoms with E-state index < -0.39 is 22.0 Å². The lowest BCUT2D eigenvalue weighted by molar-refractivity contribution is -0.143. The number of carbonyl (C=O) groups is 2. The molecule has 1 aromatic rings. The van der Waals surface area contributed by atoms with Crippen LogP contribution in [-0.4, -0.2) is 84.8 Å². The van der Waals surface area contributed by atoms with E-state index in [9.17, 15) is 23.1 Å². The number of rotatable bonds is 5. The number of carbonyl (C=O) groups excluding carboxylic acids is 1. The minimum absolute atomic E-state index is 0. The van der Waals surface area contributed by atoms with Crippen molar-refractivity contribution in [3.8, 4) is 0 Å². The lowest BCUT2D eigenvalue weighted by Gasteiger charge is -2.35. The number of halogens is 1. The summed E-state index contributed by atoms with van der Waals surface area (Å²) in [7, 11) is -3.55. The minimum Gasteiger partial charge on any atom is -0.480 e. The number of aliphatic carboxylic acids is 1. The number of hydrogen-bond acceptors (Lipinski definition) is 5. The molecule has 0 aromatic heterocycles. The van der Waals surface area contributed by atoms with Gasteiger partial charge < -0.3 is 10.0 Å². The predicted molar refractivity (Wildman–Crippen MR) is 101 cm³/mol. The first-order valence-electron chi connectivity index (χ1n) is 8.69. The highest BCUT2D eigenvalue weighted by Gasteiger charge is 2.34. The highest BCUT2D eigenvalue weighted by Crippen LogP contribution is 2.19. The molecule has 27 heavy (non-hydrogen) atoms. The van der Waals surface area contributed by atoms with Crippen LogP contribution in [-0.2, 0) is 19.6 Å². The average Bonchev–Trinajstić information content (AvgIpc) is 3.11. The number of carboxylic acid groups (broad SMARTS) is 1. The van der Waals surface area contributed by atoms with Crippen molar-refractivity contribution in [2.24, 2.45) is 0 Å². The molecule has 2 fully saturated rings. The van der Waals surface area contributed by atoms with Gasteiger partial charge in [0.2, 0.25) is 15.9 Å². The molecule has 3 rings (SSSR count). The molecule has 150 valence electrons. The monoisotopic (exact) mass is 417 g/mol. The van der Waals surface area contributed by atoms with E-state index in [4.69, 9.17) is 0 Å². The van der Waals surface area contributed by atoms with Crippen LogP contribution in [0.4, 0.5) is 0 Å². The van der Waals surface area contributed by atoms with Crippen LogP contribution in [0.3, 0.4) is 0 Å². The standard InChI is InChI=1S/C17H23N3O5S.ClH/c21-16(13-19-8-4-7-15(19)17(22)23)18-9-11-20(12-10-18)26(24,25)14-5-2-1-3-6-14;/h1-3,5-6,15H,4,7-13H2,(H,22,23);1H. The molecule has 2 saturated heterocycles. The second kappa shape index (κ2) is 9.01. The first-order valence-corrected chi connectivity index (χ1v) is 10.1. The Balaban J connectivity index is 0.00000261. The zero-order valence-electron chi connectivity index (χ0n) is 14.9. The molecule has 2 aliphatic heterocycles. The summed E-state index contributed by atoms with van der Waals surface area (Å²) in [5.41, 5.74) is 0. The minimum atomic E-state index is -3.55. The van der Waals surface area contributed by atoms with Gasteiger partial charge in [-0.25, -0.2) is 8.42 Å². The fourth-order valence-corrected chi connectivity index (χ4v) is 4.93. The van der Waals surface area contributed by atoms with Crippen LogP contribution >= 0.6 is 12.4 Å². The zero-order chi connectivity index (χ0) is 18.7. The third-order valence-electron chi connectivity index (χ3n) is 4.96. The van der Waals surface area contributed by atoms with Gasteiger partial charge in [-0.2, -0.15) is 4.31 Å². The summed E-state index contributed by atoms with van der Waals surface area (Å²) in [6, 6.07) is 7.65. The van der Waals surface area contributed by atoms with Gasteiger partial charge in [0.05, 0.1) is 11.4 Å². The summed E-state index contributed by atoms with van der Waals surface area (Å²) in [5, 5.41) is 9.20. The van der Waals surface area contributed by atoms with Crippen LogP contribution in [0, 0.1) is 0 Å². The first kappa shape index (κ1) is 21.6. The van der Waals surface area contributed by atoms with E-state index in [2.05, 4.69) is 0 Å². The predicted octanol–water partition coefficient (Wildman–Crippen LogP) is 0.490. The Bertz CT molecular complexity index is 766. The summed E-state index contributed by atoms with van der Waals surface area (Å²) in [4.78, 5) is 27.3. The molecule has 2 aliphatic rings. The third-order valence-corrected chi connectivity index (χ3v) is 6.87. The van der Waals surface area contributed by atoms with E-state index in [1.807, 2.05) is 0 Å². The third kappa shape index (κ3) is 4.78. The molecule has 8 nitrogen and oxygen atoms in total. The maximum absolute atomic E-state index is 12.6. The van der Waals surface area contributed by atoms with Gasteiger partial charge in [-0.15, -0.1) is 12.4 Å². The summed E-state index contributed by atoms with van der Waals surface area (Å²) >= 11 is 0. The Morgan fingerprint density at radius 2 is 1.67 bits per heavy atom. The highest BCUT2D eigenvalue weighted by molar-refractivity contribution is 7.89. The smallest absolute Gasteiger partial charge is 0.320 e. The van der Waals surface area contributed by atoms with Crippen molar-refractivity contribution >= 4 is 34.3 Å². The van der Waals surface area contributed by atoms with Gasteiger partial charge in [-0.1, -0.05) is 18.2 Å². The highest BCUT2D eigenvalue weighted by atomic mass is 35.5. The number of piperazine rings is 1. The molecule has 0 saturated carbocycles. The summed E-state index contributed by atoms with van der Waals surface area (Å²) in [5.74, 6) is -1.04. The second-order valence-electron chi connectivity index (χ2n) is 6.56. The SMILES string of the molecule is Cl.O=C(O)C1CCCN1CC(=O)N1CCN(S(=O)(=O)c2ccccc2)CC1. The summed E-state index contributed by atoms with van der Waals surface area (Å²) in [6.07, 6.45) is 1.33. The van der Waals surface area contributed by atoms with E-state index in [0.29, 0.717) is 26.1 Å². The molecular weight excluding hydrogens is 394 g/mol. The van der Waals surface area contributed by atoms with Crippen molar-refractivity contribution in [2.75, 3.05) is 39.3 Å². The van der Waals surface area contributed by atoms with E-state index >= 15 is 0 Å². The summed E-state index contributed by atoms with van der Waals surface area (Å²) < 4.78 is 26.6. The molecule has 1 atom stereocenters. The van der Waals surface area contributed by atoms with Crippen LogP contribution in [0.1, 0.15) is 12.8 Å². The number of sulfonamides is 1. The fraction of sp³-hybridized carbons (Fsp3) is 0.529. The van der Waals surface area contributed by atoms with Crippen molar-refractivity contribution in [1.82, 2.24) is 14.1 Å². The van der Waals surface area contributed by atoms with Crippen molar-refractivity contribution in [3.63, 3.8) is 0 Å². The Morgan fingerprint density at radius 1 is 1.04 bits per heavy atom. The molecule has 1 amide bonds. The van der Waals surface area contributed by atoms with E-state index in [-0.39, 0.29) is 42.8 Å². The Morgan fingerprint density at radius 3 is 2.26 bits per heavy atom. The molecule has 0 spiro atoms. The first-order chi connectivity index (χ1) is 12.4. The molecule has 0 radical (unpaired) electrons. The quantitative estimate of drug-likeness (QED) is 0.748. The number of likely N-dealkylation sites (tertiary alicyclic amines) is 1. The molecule has 10 heteroatoms. The number of carboxylic acids is 1. The number of hydrogen-bond donors (Lipinski definition) is 1. The molecule has 1 aromatic carbocycles. The van der Waals surface area contributed by atoms with E-state index in [1.54, 1.807) is 40.1 Å². The number of amides is 1. The molecule has 0 aliphatic carbocycles. The maximum Gasteiger partial charge on any atom is 0.320 e. The number of nitrogens with zero attached hydrogens (tertiary/aromatic N) is 3. The molecule has 0 bridgehead atoms. The van der Waals surface area contributed by atoms with Gasteiger partial charge in [0.25, 0.3) is 0 Å². The molecule has 1 N–H and O–H groups in total. The summed E-state index contributed by atoms with van der Waals surface area (Å²) in [6.45, 7) is 1.79. The molecular formula is C17H24ClN3O5S. The van der Waals surface area contributed by atoms with Crippen molar-refractivity contribution in [2.45, 2.75) is 23.8 Å². The molecule has 1 unspecified atom stereocenters. The topological polar surface area (TPSA) is 98.2 Å². The van der Waals surface area contributed by atoms with Crippen molar-refractivity contribution in [3.05, 3.63) is 30.3 Å². The fourth-order valence-electron chi connectivity index (χ4n) is 3.49. The van der Waals surface area contributed by atoms with Crippen LogP contribution in [0.15, 0.2) is 35.2 Å². The van der Waals surface area contributed by atoms with Gasteiger partial charge in [-0.3, -0.25) is 14.5 Å². The van der Waals surface area contributed by atoms with Gasteiger partial charge in [0.15, 0.2) is 0 Å². The Kier molecular flexibility index (Phi) is 7.21. The van der Waals surface area contributed by atoms with Crippen LogP contribution in [0.25, 0.3) is 0 Å². The van der Waals surface area contributed by atoms with Gasteiger partial charge in [0.1, 0.15) is 6.04 Å². The normalized spacial score (nSPS) is 21.6. The second-order valence-corrected chi connectivity index (χ2v) is 8.50. The largest absolute Gasteiger partial charge is 0.480 e. The molecule has 2 heterocycles. The lowest BCUT2D eigenvalue weighted by Crippen LogP contribution is -2.53. The lowest BCUT2D eigenvalue weighted by atomic mass is 10.2. The Labute approximate surface area is 165 Å². The Hall–Kier alpha value is -1.68. The van der Waals surface area contributed by atoms with Crippen molar-refractivity contribution < 1.29 is 23.1 Å². The van der Waals surface area contributed by atoms with Crippen LogP contribution in [0.2, 0.25) is 0 Å². The van der Waals surface area contributed by atoms with Crippen LogP contribution in [0.5, 0.6) is 0 Å². The van der Waals surface area contributed by atoms with Crippen LogP contribution < -0.4 is 0 Å². The van der Waals surface area contributed by atoms with Gasteiger partial charge >= 0.3 is 5.97 Å². The van der Waals surface area contributed by atoms with E-state index in [0.717, 1.165) is 6.42 Å². The van der Waals surface area contributed by atoms with Gasteiger partial charge in [-0.05, 0) is 31.5 Å². The van der Waals surface area contributed by atoms with Crippen molar-refractivity contribution in [1.29, 1.82) is 0 Å². The van der Waals surface area contributed by atoms with E-state index in [1.165, 1.54) is 4.31 Å². The average molecular weight is 418 g/mol.